The van der Waals surface area contributed by atoms with Gasteiger partial charge in [-0.3, -0.25) is 9.69 Å². The molecule has 0 aliphatic rings. The SMILES string of the molecule is CCCCN(CC)Cc1cc[nH]c(=O)c1. The van der Waals surface area contributed by atoms with Crippen LogP contribution in [0.3, 0.4) is 0 Å². The number of hydrogen-bond donors (Lipinski definition) is 1. The zero-order valence-corrected chi connectivity index (χ0v) is 9.62. The number of aromatic nitrogens is 1. The van der Waals surface area contributed by atoms with Gasteiger partial charge in [-0.1, -0.05) is 20.3 Å². The van der Waals surface area contributed by atoms with Gasteiger partial charge in [-0.2, -0.15) is 0 Å². The summed E-state index contributed by atoms with van der Waals surface area (Å²) in [4.78, 5) is 16.1. The average molecular weight is 208 g/mol. The van der Waals surface area contributed by atoms with E-state index in [0.717, 1.165) is 25.2 Å². The van der Waals surface area contributed by atoms with Gasteiger partial charge in [0, 0.05) is 18.8 Å². The third kappa shape index (κ3) is 4.30. The molecule has 84 valence electrons. The van der Waals surface area contributed by atoms with Gasteiger partial charge >= 0.3 is 0 Å². The summed E-state index contributed by atoms with van der Waals surface area (Å²) in [7, 11) is 0. The molecule has 1 aromatic heterocycles. The van der Waals surface area contributed by atoms with Crippen LogP contribution in [0, 0.1) is 0 Å². The van der Waals surface area contributed by atoms with Crippen LogP contribution in [0.25, 0.3) is 0 Å². The van der Waals surface area contributed by atoms with Gasteiger partial charge in [-0.05, 0) is 31.1 Å². The second-order valence-corrected chi connectivity index (χ2v) is 3.78. The van der Waals surface area contributed by atoms with Crippen LogP contribution in [0.4, 0.5) is 0 Å². The van der Waals surface area contributed by atoms with Crippen LogP contribution in [0.1, 0.15) is 32.3 Å². The van der Waals surface area contributed by atoms with Crippen molar-refractivity contribution in [3.63, 3.8) is 0 Å². The van der Waals surface area contributed by atoms with Crippen molar-refractivity contribution in [1.82, 2.24) is 9.88 Å². The van der Waals surface area contributed by atoms with Gasteiger partial charge in [0.2, 0.25) is 5.56 Å². The van der Waals surface area contributed by atoms with Crippen LogP contribution in [0.5, 0.6) is 0 Å². The lowest BCUT2D eigenvalue weighted by Gasteiger charge is -2.19. The molecule has 3 nitrogen and oxygen atoms in total. The Balaban J connectivity index is 2.54. The number of nitrogens with one attached hydrogen (secondary N) is 1. The molecule has 1 heterocycles. The third-order valence-electron chi connectivity index (χ3n) is 2.52. The molecule has 3 heteroatoms. The fourth-order valence-corrected chi connectivity index (χ4v) is 1.58. The monoisotopic (exact) mass is 208 g/mol. The summed E-state index contributed by atoms with van der Waals surface area (Å²) < 4.78 is 0. The van der Waals surface area contributed by atoms with E-state index < -0.39 is 0 Å². The first kappa shape index (κ1) is 12.0. The summed E-state index contributed by atoms with van der Waals surface area (Å²) >= 11 is 0. The van der Waals surface area contributed by atoms with Gasteiger partial charge in [-0.25, -0.2) is 0 Å². The fourth-order valence-electron chi connectivity index (χ4n) is 1.58. The Bertz CT molecular complexity index is 332. The molecule has 0 aliphatic heterocycles. The van der Waals surface area contributed by atoms with Crippen molar-refractivity contribution in [2.75, 3.05) is 13.1 Å². The van der Waals surface area contributed by atoms with Gasteiger partial charge < -0.3 is 4.98 Å². The Hall–Kier alpha value is -1.09. The highest BCUT2D eigenvalue weighted by atomic mass is 16.1. The number of nitrogens with zero attached hydrogens (tertiary/aromatic N) is 1. The van der Waals surface area contributed by atoms with E-state index in [2.05, 4.69) is 23.7 Å². The number of H-pyrrole nitrogens is 1. The number of aromatic amines is 1. The molecule has 0 atom stereocenters. The van der Waals surface area contributed by atoms with Gasteiger partial charge in [-0.15, -0.1) is 0 Å². The molecule has 0 aliphatic carbocycles. The first-order chi connectivity index (χ1) is 7.26. The van der Waals surface area contributed by atoms with Crippen molar-refractivity contribution in [2.24, 2.45) is 0 Å². The van der Waals surface area contributed by atoms with Crippen molar-refractivity contribution in [1.29, 1.82) is 0 Å². The lowest BCUT2D eigenvalue weighted by atomic mass is 10.2. The zero-order chi connectivity index (χ0) is 11.1. The van der Waals surface area contributed by atoms with Crippen LogP contribution in [-0.2, 0) is 6.54 Å². The molecule has 1 rings (SSSR count). The van der Waals surface area contributed by atoms with Crippen LogP contribution in [0.2, 0.25) is 0 Å². The quantitative estimate of drug-likeness (QED) is 0.776. The van der Waals surface area contributed by atoms with Crippen molar-refractivity contribution in [2.45, 2.75) is 33.2 Å². The number of unbranched alkanes of at least 4 members (excludes halogenated alkanes) is 1. The first-order valence-electron chi connectivity index (χ1n) is 5.66. The molecule has 0 amide bonds. The molecule has 0 fully saturated rings. The maximum atomic E-state index is 11.1. The number of rotatable bonds is 6. The Morgan fingerprint density at radius 3 is 2.80 bits per heavy atom. The first-order valence-corrected chi connectivity index (χ1v) is 5.66. The van der Waals surface area contributed by atoms with Crippen LogP contribution < -0.4 is 5.56 Å². The minimum atomic E-state index is -0.0148. The summed E-state index contributed by atoms with van der Waals surface area (Å²) in [5, 5.41) is 0. The second kappa shape index (κ2) is 6.40. The molecular formula is C12H20N2O. The minimum Gasteiger partial charge on any atom is -0.329 e. The molecule has 0 aromatic carbocycles. The van der Waals surface area contributed by atoms with Crippen molar-refractivity contribution in [3.05, 3.63) is 34.2 Å². The number of hydrogen-bond acceptors (Lipinski definition) is 2. The predicted octanol–water partition coefficient (Wildman–Crippen LogP) is 2.00. The molecule has 1 aromatic rings. The molecule has 15 heavy (non-hydrogen) atoms. The molecule has 1 N–H and O–H groups in total. The molecule has 0 unspecified atom stereocenters. The lowest BCUT2D eigenvalue weighted by molar-refractivity contribution is 0.275. The van der Waals surface area contributed by atoms with Gasteiger partial charge in [0.25, 0.3) is 0 Å². The van der Waals surface area contributed by atoms with E-state index in [0.29, 0.717) is 0 Å². The smallest absolute Gasteiger partial charge is 0.248 e. The van der Waals surface area contributed by atoms with Crippen LogP contribution in [-0.4, -0.2) is 23.0 Å². The maximum Gasteiger partial charge on any atom is 0.248 e. The van der Waals surface area contributed by atoms with Crippen molar-refractivity contribution in [3.8, 4) is 0 Å². The Morgan fingerprint density at radius 2 is 2.20 bits per heavy atom. The van der Waals surface area contributed by atoms with Gasteiger partial charge in [0.1, 0.15) is 0 Å². The zero-order valence-electron chi connectivity index (χ0n) is 9.62. The molecule has 0 saturated heterocycles. The van der Waals surface area contributed by atoms with Crippen molar-refractivity contribution >= 4 is 0 Å². The van der Waals surface area contributed by atoms with Gasteiger partial charge in [0.15, 0.2) is 0 Å². The van der Waals surface area contributed by atoms with E-state index in [1.54, 1.807) is 12.3 Å². The fraction of sp³-hybridized carbons (Fsp3) is 0.583. The van der Waals surface area contributed by atoms with E-state index in [1.807, 2.05) is 6.07 Å². The molecule has 0 spiro atoms. The standard InChI is InChI=1S/C12H20N2O/c1-3-5-8-14(4-2)10-11-6-7-13-12(15)9-11/h6-7,9H,3-5,8,10H2,1-2H3,(H,13,15). The van der Waals surface area contributed by atoms with E-state index >= 15 is 0 Å². The molecule has 0 radical (unpaired) electrons. The average Bonchev–Trinajstić information content (AvgIpc) is 2.24. The summed E-state index contributed by atoms with van der Waals surface area (Å²) in [6.45, 7) is 7.37. The van der Waals surface area contributed by atoms with Crippen LogP contribution >= 0.6 is 0 Å². The topological polar surface area (TPSA) is 36.1 Å². The van der Waals surface area contributed by atoms with E-state index in [-0.39, 0.29) is 5.56 Å². The van der Waals surface area contributed by atoms with E-state index in [4.69, 9.17) is 0 Å². The van der Waals surface area contributed by atoms with Crippen LogP contribution in [0.15, 0.2) is 23.1 Å². The third-order valence-corrected chi connectivity index (χ3v) is 2.52. The summed E-state index contributed by atoms with van der Waals surface area (Å²) in [6, 6.07) is 3.64. The van der Waals surface area contributed by atoms with E-state index in [9.17, 15) is 4.79 Å². The Kier molecular flexibility index (Phi) is 5.12. The number of pyridine rings is 1. The summed E-state index contributed by atoms with van der Waals surface area (Å²) in [6.07, 6.45) is 4.15. The van der Waals surface area contributed by atoms with E-state index in [1.165, 1.54) is 12.8 Å². The highest BCUT2D eigenvalue weighted by molar-refractivity contribution is 5.09. The molecule has 0 bridgehead atoms. The highest BCUT2D eigenvalue weighted by Gasteiger charge is 2.02. The summed E-state index contributed by atoms with van der Waals surface area (Å²) in [5.74, 6) is 0. The maximum absolute atomic E-state index is 11.1. The lowest BCUT2D eigenvalue weighted by Crippen LogP contribution is -2.24. The minimum absolute atomic E-state index is 0.0148. The summed E-state index contributed by atoms with van der Waals surface area (Å²) in [5.41, 5.74) is 1.08. The molecular weight excluding hydrogens is 188 g/mol. The molecule has 0 saturated carbocycles. The van der Waals surface area contributed by atoms with Crippen molar-refractivity contribution < 1.29 is 0 Å². The van der Waals surface area contributed by atoms with Gasteiger partial charge in [0.05, 0.1) is 0 Å². The predicted molar refractivity (Wildman–Crippen MR) is 62.9 cm³/mol. The normalized spacial score (nSPS) is 10.9. The second-order valence-electron chi connectivity index (χ2n) is 3.78. The highest BCUT2D eigenvalue weighted by Crippen LogP contribution is 2.02. The Morgan fingerprint density at radius 1 is 1.40 bits per heavy atom. The Labute approximate surface area is 91.1 Å². The largest absolute Gasteiger partial charge is 0.329 e.